The number of carbonyl (C=O) groups is 3. The van der Waals surface area contributed by atoms with Crippen LogP contribution >= 0.6 is 11.8 Å². The zero-order valence-corrected chi connectivity index (χ0v) is 20.1. The molecule has 0 unspecified atom stereocenters. The van der Waals surface area contributed by atoms with Crippen molar-refractivity contribution in [1.29, 1.82) is 0 Å². The molecule has 7 nitrogen and oxygen atoms in total. The fourth-order valence-electron chi connectivity index (χ4n) is 4.30. The number of thioether (sulfide) groups is 1. The summed E-state index contributed by atoms with van der Waals surface area (Å²) in [6.45, 7) is 0. The summed E-state index contributed by atoms with van der Waals surface area (Å²) >= 11 is 1.33. The first-order valence-corrected chi connectivity index (χ1v) is 11.7. The van der Waals surface area contributed by atoms with E-state index >= 15 is 0 Å². The van der Waals surface area contributed by atoms with Crippen LogP contribution in [0.3, 0.4) is 0 Å². The van der Waals surface area contributed by atoms with Crippen LogP contribution in [0, 0.1) is 5.92 Å². The fraction of sp³-hybridized carbons (Fsp3) is 0.400. The molecule has 0 bridgehead atoms. The molecule has 0 aromatic heterocycles. The van der Waals surface area contributed by atoms with Gasteiger partial charge in [0.15, 0.2) is 0 Å². The van der Waals surface area contributed by atoms with Crippen LogP contribution < -0.4 is 9.47 Å². The van der Waals surface area contributed by atoms with Gasteiger partial charge in [-0.25, -0.2) is 0 Å². The zero-order chi connectivity index (χ0) is 23.8. The Morgan fingerprint density at radius 3 is 2.00 bits per heavy atom. The normalized spacial score (nSPS) is 22.2. The molecule has 2 aliphatic rings. The van der Waals surface area contributed by atoms with Crippen LogP contribution in [0.1, 0.15) is 30.9 Å². The highest BCUT2D eigenvalue weighted by molar-refractivity contribution is 8.01. The van der Waals surface area contributed by atoms with Crippen molar-refractivity contribution >= 4 is 29.5 Å². The summed E-state index contributed by atoms with van der Waals surface area (Å²) in [4.78, 5) is 44.1. The second-order valence-corrected chi connectivity index (χ2v) is 10.00. The number of hydrogen-bond donors (Lipinski definition) is 0. The summed E-state index contributed by atoms with van der Waals surface area (Å²) in [7, 11) is 6.53. The molecule has 33 heavy (non-hydrogen) atoms. The Kier molecular flexibility index (Phi) is 6.38. The summed E-state index contributed by atoms with van der Waals surface area (Å²) in [6, 6.07) is 13.9. The van der Waals surface area contributed by atoms with Crippen molar-refractivity contribution in [2.75, 3.05) is 28.3 Å². The van der Waals surface area contributed by atoms with Crippen LogP contribution in [-0.2, 0) is 14.4 Å². The third-order valence-electron chi connectivity index (χ3n) is 6.11. The van der Waals surface area contributed by atoms with Gasteiger partial charge in [0.2, 0.25) is 17.7 Å². The van der Waals surface area contributed by atoms with Gasteiger partial charge in [0.05, 0.1) is 26.7 Å². The number of amides is 3. The Morgan fingerprint density at radius 2 is 1.52 bits per heavy atom. The fourth-order valence-corrected chi connectivity index (χ4v) is 5.81. The number of carbonyl (C=O) groups excluding carboxylic acids is 3. The lowest BCUT2D eigenvalue weighted by Gasteiger charge is -2.37. The van der Waals surface area contributed by atoms with Crippen molar-refractivity contribution < 1.29 is 23.9 Å². The molecule has 2 aromatic rings. The molecule has 2 atom stereocenters. The van der Waals surface area contributed by atoms with Crippen molar-refractivity contribution in [1.82, 2.24) is 9.80 Å². The minimum absolute atomic E-state index is 0.0597. The van der Waals surface area contributed by atoms with Crippen molar-refractivity contribution in [3.63, 3.8) is 0 Å². The van der Waals surface area contributed by atoms with Crippen molar-refractivity contribution in [3.8, 4) is 11.5 Å². The molecule has 0 N–H and O–H groups in total. The Morgan fingerprint density at radius 1 is 0.970 bits per heavy atom. The average Bonchev–Trinajstić information content (AvgIpc) is 3.63. The molecule has 2 aromatic carbocycles. The lowest BCUT2D eigenvalue weighted by atomic mass is 9.91. The second kappa shape index (κ2) is 9.09. The van der Waals surface area contributed by atoms with Crippen LogP contribution in [0.2, 0.25) is 0 Å². The quantitative estimate of drug-likeness (QED) is 0.579. The summed E-state index contributed by atoms with van der Waals surface area (Å²) < 4.78 is 9.35. The Balaban J connectivity index is 1.85. The maximum Gasteiger partial charge on any atom is 0.241 e. The number of hydrogen-bond acceptors (Lipinski definition) is 6. The predicted molar refractivity (Wildman–Crippen MR) is 125 cm³/mol. The number of ether oxygens (including phenoxy) is 2. The third-order valence-corrected chi connectivity index (χ3v) is 7.52. The molecule has 1 aliphatic carbocycles. The van der Waals surface area contributed by atoms with E-state index < -0.39 is 10.8 Å². The van der Waals surface area contributed by atoms with Crippen LogP contribution in [0.15, 0.2) is 53.4 Å². The monoisotopic (exact) mass is 468 g/mol. The standard InChI is InChI=1S/C25H28N2O5S/c1-26(2)24(30)25(33-20-13-11-19(32-4)12-14-20)15-21(28)27(23(29)17-5-6-17)22(25)16-7-9-18(31-3)10-8-16/h7-14,17,22H,5-6,15H2,1-4H3/t22-,25-/m1/s1. The molecule has 1 heterocycles. The molecule has 1 saturated heterocycles. The molecule has 4 rings (SSSR count). The predicted octanol–water partition coefficient (Wildman–Crippen LogP) is 3.53. The van der Waals surface area contributed by atoms with E-state index in [0.717, 1.165) is 23.3 Å². The van der Waals surface area contributed by atoms with Crippen molar-refractivity contribution in [2.45, 2.75) is 34.9 Å². The van der Waals surface area contributed by atoms with Crippen molar-refractivity contribution in [3.05, 3.63) is 54.1 Å². The van der Waals surface area contributed by atoms with Crippen LogP contribution in [-0.4, -0.2) is 60.6 Å². The Bertz CT molecular complexity index is 1050. The number of methoxy groups -OCH3 is 2. The maximum absolute atomic E-state index is 13.8. The van der Waals surface area contributed by atoms with Crippen LogP contribution in [0.25, 0.3) is 0 Å². The Labute approximate surface area is 198 Å². The Hall–Kier alpha value is -3.00. The van der Waals surface area contributed by atoms with Gasteiger partial charge >= 0.3 is 0 Å². The molecular formula is C25H28N2O5S. The van der Waals surface area contributed by atoms with E-state index in [0.29, 0.717) is 11.5 Å². The summed E-state index contributed by atoms with van der Waals surface area (Å²) in [5.74, 6) is 0.505. The van der Waals surface area contributed by atoms with E-state index in [1.807, 2.05) is 36.4 Å². The number of nitrogens with zero attached hydrogens (tertiary/aromatic N) is 2. The topological polar surface area (TPSA) is 76.2 Å². The molecule has 0 radical (unpaired) electrons. The van der Waals surface area contributed by atoms with Crippen LogP contribution in [0.4, 0.5) is 0 Å². The van der Waals surface area contributed by atoms with E-state index in [-0.39, 0.29) is 30.1 Å². The third kappa shape index (κ3) is 4.31. The first-order chi connectivity index (χ1) is 15.8. The number of likely N-dealkylation sites (tertiary alicyclic amines) is 1. The summed E-state index contributed by atoms with van der Waals surface area (Å²) in [6.07, 6.45) is 1.49. The highest BCUT2D eigenvalue weighted by atomic mass is 32.2. The molecule has 2 fully saturated rings. The lowest BCUT2D eigenvalue weighted by Crippen LogP contribution is -2.48. The number of rotatable bonds is 7. The molecular weight excluding hydrogens is 440 g/mol. The van der Waals surface area contributed by atoms with Crippen molar-refractivity contribution in [2.24, 2.45) is 5.92 Å². The van der Waals surface area contributed by atoms with Gasteiger partial charge in [-0.3, -0.25) is 19.3 Å². The van der Waals surface area contributed by atoms with E-state index in [2.05, 4.69) is 0 Å². The van der Waals surface area contributed by atoms with Gasteiger partial charge in [-0.05, 0) is 54.8 Å². The molecule has 0 spiro atoms. The largest absolute Gasteiger partial charge is 0.497 e. The SMILES string of the molecule is COc1ccc(S[C@]2(C(=O)N(C)C)CC(=O)N(C(=O)C3CC3)[C@@H]2c2ccc(OC)cc2)cc1. The average molecular weight is 469 g/mol. The number of benzene rings is 2. The highest BCUT2D eigenvalue weighted by Crippen LogP contribution is 2.54. The second-order valence-electron chi connectivity index (χ2n) is 8.60. The van der Waals surface area contributed by atoms with E-state index in [4.69, 9.17) is 9.47 Å². The van der Waals surface area contributed by atoms with Gasteiger partial charge in [0.25, 0.3) is 0 Å². The minimum atomic E-state index is -1.20. The zero-order valence-electron chi connectivity index (χ0n) is 19.2. The van der Waals surface area contributed by atoms with Gasteiger partial charge in [0.1, 0.15) is 16.2 Å². The smallest absolute Gasteiger partial charge is 0.241 e. The molecule has 3 amide bonds. The van der Waals surface area contributed by atoms with Gasteiger partial charge in [-0.2, -0.15) is 0 Å². The first kappa shape index (κ1) is 23.2. The summed E-state index contributed by atoms with van der Waals surface area (Å²) in [5, 5.41) is 0. The highest BCUT2D eigenvalue weighted by Gasteiger charge is 2.61. The maximum atomic E-state index is 13.8. The summed E-state index contributed by atoms with van der Waals surface area (Å²) in [5.41, 5.74) is 0.729. The van der Waals surface area contributed by atoms with Gasteiger partial charge in [-0.1, -0.05) is 12.1 Å². The van der Waals surface area contributed by atoms with Crippen LogP contribution in [0.5, 0.6) is 11.5 Å². The van der Waals surface area contributed by atoms with E-state index in [1.165, 1.54) is 21.6 Å². The number of imide groups is 1. The lowest BCUT2D eigenvalue weighted by molar-refractivity contribution is -0.145. The van der Waals surface area contributed by atoms with Gasteiger partial charge < -0.3 is 14.4 Å². The molecule has 1 saturated carbocycles. The molecule has 174 valence electrons. The van der Waals surface area contributed by atoms with Gasteiger partial charge in [0, 0.05) is 24.9 Å². The van der Waals surface area contributed by atoms with E-state index in [9.17, 15) is 14.4 Å². The first-order valence-electron chi connectivity index (χ1n) is 10.9. The molecule has 8 heteroatoms. The molecule has 1 aliphatic heterocycles. The van der Waals surface area contributed by atoms with E-state index in [1.54, 1.807) is 40.4 Å². The minimum Gasteiger partial charge on any atom is -0.497 e. The van der Waals surface area contributed by atoms with Gasteiger partial charge in [-0.15, -0.1) is 11.8 Å².